The van der Waals surface area contributed by atoms with Gasteiger partial charge in [-0.1, -0.05) is 22.0 Å². The van der Waals surface area contributed by atoms with Crippen LogP contribution in [0.5, 0.6) is 0 Å². The van der Waals surface area contributed by atoms with Crippen LogP contribution >= 0.6 is 15.9 Å². The van der Waals surface area contributed by atoms with Gasteiger partial charge in [-0.15, -0.1) is 0 Å². The Hall–Kier alpha value is -0.870. The highest BCUT2D eigenvalue weighted by molar-refractivity contribution is 9.10. The minimum atomic E-state index is 0.168. The van der Waals surface area contributed by atoms with E-state index in [1.807, 2.05) is 29.2 Å². The number of likely N-dealkylation sites (tertiary alicyclic amines) is 2. The summed E-state index contributed by atoms with van der Waals surface area (Å²) in [5, 5.41) is 0. The molecule has 0 radical (unpaired) electrons. The molecule has 108 valence electrons. The van der Waals surface area contributed by atoms with Gasteiger partial charge in [0.1, 0.15) is 0 Å². The summed E-state index contributed by atoms with van der Waals surface area (Å²) in [5.41, 5.74) is 1.16. The Balaban J connectivity index is 1.68. The first kappa shape index (κ1) is 14.1. The van der Waals surface area contributed by atoms with Crippen molar-refractivity contribution in [2.24, 2.45) is 0 Å². The first-order valence-electron chi connectivity index (χ1n) is 7.37. The molecule has 1 amide bonds. The lowest BCUT2D eigenvalue weighted by Gasteiger charge is -2.43. The van der Waals surface area contributed by atoms with E-state index in [1.165, 1.54) is 19.4 Å². The molecule has 2 saturated heterocycles. The van der Waals surface area contributed by atoms with Crippen LogP contribution in [0, 0.1) is 0 Å². The summed E-state index contributed by atoms with van der Waals surface area (Å²) in [5.74, 6) is 0.168. The van der Waals surface area contributed by atoms with Crippen molar-refractivity contribution in [2.75, 3.05) is 26.7 Å². The van der Waals surface area contributed by atoms with E-state index in [0.29, 0.717) is 5.54 Å². The number of rotatable bonds is 1. The molecular formula is C16H21BrN2O. The Morgan fingerprint density at radius 1 is 1.20 bits per heavy atom. The van der Waals surface area contributed by atoms with Crippen LogP contribution in [-0.2, 0) is 0 Å². The van der Waals surface area contributed by atoms with Crippen LogP contribution < -0.4 is 0 Å². The van der Waals surface area contributed by atoms with Crippen molar-refractivity contribution in [1.29, 1.82) is 0 Å². The second kappa shape index (κ2) is 5.49. The zero-order chi connectivity index (χ0) is 14.2. The summed E-state index contributed by atoms with van der Waals surface area (Å²) in [6.07, 6.45) is 4.82. The smallest absolute Gasteiger partial charge is 0.253 e. The van der Waals surface area contributed by atoms with Crippen LogP contribution in [0.15, 0.2) is 28.7 Å². The van der Waals surface area contributed by atoms with Gasteiger partial charge in [0.05, 0.1) is 0 Å². The van der Waals surface area contributed by atoms with Crippen LogP contribution in [0.25, 0.3) is 0 Å². The molecule has 4 heteroatoms. The van der Waals surface area contributed by atoms with E-state index in [-0.39, 0.29) is 5.91 Å². The molecule has 2 aliphatic heterocycles. The Morgan fingerprint density at radius 3 is 2.55 bits per heavy atom. The maximum Gasteiger partial charge on any atom is 0.253 e. The van der Waals surface area contributed by atoms with Gasteiger partial charge >= 0.3 is 0 Å². The number of hydrogen-bond donors (Lipinski definition) is 0. The van der Waals surface area contributed by atoms with Gasteiger partial charge in [-0.05, 0) is 57.5 Å². The number of nitrogens with zero attached hydrogens (tertiary/aromatic N) is 2. The van der Waals surface area contributed by atoms with Crippen molar-refractivity contribution in [2.45, 2.75) is 31.2 Å². The molecule has 0 unspecified atom stereocenters. The van der Waals surface area contributed by atoms with E-state index in [4.69, 9.17) is 0 Å². The van der Waals surface area contributed by atoms with Gasteiger partial charge in [-0.25, -0.2) is 0 Å². The maximum absolute atomic E-state index is 12.5. The fourth-order valence-corrected chi connectivity index (χ4v) is 4.03. The van der Waals surface area contributed by atoms with Gasteiger partial charge in [-0.2, -0.15) is 0 Å². The monoisotopic (exact) mass is 336 g/mol. The predicted molar refractivity (Wildman–Crippen MR) is 83.9 cm³/mol. The Kier molecular flexibility index (Phi) is 3.87. The molecule has 20 heavy (non-hydrogen) atoms. The Bertz CT molecular complexity index is 509. The molecule has 0 N–H and O–H groups in total. The average molecular weight is 337 g/mol. The molecule has 1 aromatic rings. The van der Waals surface area contributed by atoms with Crippen LogP contribution in [-0.4, -0.2) is 47.9 Å². The van der Waals surface area contributed by atoms with Gasteiger partial charge < -0.3 is 9.80 Å². The SMILES string of the molecule is CN1CCCC12CCN(C(=O)c1cccc(Br)c1)CC2. The molecule has 0 atom stereocenters. The number of amides is 1. The summed E-state index contributed by atoms with van der Waals surface area (Å²) in [4.78, 5) is 17.0. The third-order valence-electron chi connectivity index (χ3n) is 5.00. The van der Waals surface area contributed by atoms with Crippen molar-refractivity contribution >= 4 is 21.8 Å². The van der Waals surface area contributed by atoms with Crippen molar-refractivity contribution in [3.63, 3.8) is 0 Å². The van der Waals surface area contributed by atoms with E-state index in [9.17, 15) is 4.79 Å². The molecule has 2 heterocycles. The molecule has 0 aliphatic carbocycles. The van der Waals surface area contributed by atoms with Gasteiger partial charge in [0.2, 0.25) is 0 Å². The summed E-state index contributed by atoms with van der Waals surface area (Å²) in [7, 11) is 2.23. The summed E-state index contributed by atoms with van der Waals surface area (Å²) < 4.78 is 0.965. The standard InChI is InChI=1S/C16H21BrN2O/c1-18-9-3-6-16(18)7-10-19(11-8-16)15(20)13-4-2-5-14(17)12-13/h2,4-5,12H,3,6-11H2,1H3. The minimum absolute atomic E-state index is 0.168. The number of benzene rings is 1. The summed E-state index contributed by atoms with van der Waals surface area (Å²) in [6.45, 7) is 2.98. The van der Waals surface area contributed by atoms with Crippen LogP contribution in [0.3, 0.4) is 0 Å². The van der Waals surface area contributed by atoms with Gasteiger partial charge in [0, 0.05) is 28.7 Å². The predicted octanol–water partition coefficient (Wildman–Crippen LogP) is 3.15. The molecular weight excluding hydrogens is 316 g/mol. The van der Waals surface area contributed by atoms with Crippen LogP contribution in [0.1, 0.15) is 36.0 Å². The molecule has 0 aromatic heterocycles. The lowest BCUT2D eigenvalue weighted by Crippen LogP contribution is -2.51. The summed E-state index contributed by atoms with van der Waals surface area (Å²) in [6, 6.07) is 7.69. The molecule has 1 spiro atoms. The van der Waals surface area contributed by atoms with E-state index < -0.39 is 0 Å². The highest BCUT2D eigenvalue weighted by Crippen LogP contribution is 2.37. The second-order valence-corrected chi connectivity index (χ2v) is 6.97. The van der Waals surface area contributed by atoms with E-state index >= 15 is 0 Å². The van der Waals surface area contributed by atoms with Crippen LogP contribution in [0.4, 0.5) is 0 Å². The lowest BCUT2D eigenvalue weighted by atomic mass is 9.85. The largest absolute Gasteiger partial charge is 0.339 e. The molecule has 3 nitrogen and oxygen atoms in total. The minimum Gasteiger partial charge on any atom is -0.339 e. The molecule has 2 fully saturated rings. The van der Waals surface area contributed by atoms with Gasteiger partial charge in [-0.3, -0.25) is 4.79 Å². The third-order valence-corrected chi connectivity index (χ3v) is 5.49. The van der Waals surface area contributed by atoms with Crippen LogP contribution in [0.2, 0.25) is 0 Å². The Morgan fingerprint density at radius 2 is 1.95 bits per heavy atom. The number of halogens is 1. The zero-order valence-electron chi connectivity index (χ0n) is 11.9. The van der Waals surface area contributed by atoms with Crippen molar-refractivity contribution in [3.8, 4) is 0 Å². The van der Waals surface area contributed by atoms with Crippen molar-refractivity contribution in [1.82, 2.24) is 9.80 Å². The fourth-order valence-electron chi connectivity index (χ4n) is 3.64. The second-order valence-electron chi connectivity index (χ2n) is 6.05. The molecule has 1 aromatic carbocycles. The number of hydrogen-bond acceptors (Lipinski definition) is 2. The Labute approximate surface area is 129 Å². The molecule has 0 bridgehead atoms. The highest BCUT2D eigenvalue weighted by atomic mass is 79.9. The summed E-state index contributed by atoms with van der Waals surface area (Å²) >= 11 is 3.43. The van der Waals surface area contributed by atoms with Crippen molar-refractivity contribution in [3.05, 3.63) is 34.3 Å². The van der Waals surface area contributed by atoms with Crippen molar-refractivity contribution < 1.29 is 4.79 Å². The first-order chi connectivity index (χ1) is 9.61. The lowest BCUT2D eigenvalue weighted by molar-refractivity contribution is 0.0492. The third kappa shape index (κ3) is 2.51. The van der Waals surface area contributed by atoms with Gasteiger partial charge in [0.15, 0.2) is 0 Å². The highest BCUT2D eigenvalue weighted by Gasteiger charge is 2.41. The van der Waals surface area contributed by atoms with E-state index in [0.717, 1.165) is 36.0 Å². The molecule has 0 saturated carbocycles. The number of piperidine rings is 1. The van der Waals surface area contributed by atoms with E-state index in [2.05, 4.69) is 27.9 Å². The molecule has 2 aliphatic rings. The zero-order valence-corrected chi connectivity index (χ0v) is 13.5. The number of carbonyl (C=O) groups is 1. The quantitative estimate of drug-likeness (QED) is 0.786. The maximum atomic E-state index is 12.5. The number of carbonyl (C=O) groups excluding carboxylic acids is 1. The fraction of sp³-hybridized carbons (Fsp3) is 0.562. The average Bonchev–Trinajstić information content (AvgIpc) is 2.80. The normalized spacial score (nSPS) is 22.4. The van der Waals surface area contributed by atoms with E-state index in [1.54, 1.807) is 0 Å². The molecule has 3 rings (SSSR count). The first-order valence-corrected chi connectivity index (χ1v) is 8.16. The van der Waals surface area contributed by atoms with Gasteiger partial charge in [0.25, 0.3) is 5.91 Å². The topological polar surface area (TPSA) is 23.6 Å².